The van der Waals surface area contributed by atoms with Gasteiger partial charge in [0.05, 0.1) is 23.5 Å². The second-order valence-corrected chi connectivity index (χ2v) is 11.5. The average Bonchev–Trinajstić information content (AvgIpc) is 3.21. The highest BCUT2D eigenvalue weighted by molar-refractivity contribution is 6.01. The molecular formula is C25H37N7O. The van der Waals surface area contributed by atoms with Gasteiger partial charge in [0.2, 0.25) is 5.91 Å². The number of piperazine rings is 1. The minimum Gasteiger partial charge on any atom is -0.309 e. The lowest BCUT2D eigenvalue weighted by Crippen LogP contribution is -2.51. The Bertz CT molecular complexity index is 988. The van der Waals surface area contributed by atoms with Crippen LogP contribution in [0.15, 0.2) is 12.5 Å². The van der Waals surface area contributed by atoms with Gasteiger partial charge in [-0.1, -0.05) is 0 Å². The van der Waals surface area contributed by atoms with Crippen molar-refractivity contribution in [3.63, 3.8) is 0 Å². The number of carbonyl (C=O) groups excluding carboxylic acids is 1. The van der Waals surface area contributed by atoms with Gasteiger partial charge in [0.25, 0.3) is 0 Å². The zero-order valence-corrected chi connectivity index (χ0v) is 20.0. The van der Waals surface area contributed by atoms with Gasteiger partial charge < -0.3 is 5.32 Å². The summed E-state index contributed by atoms with van der Waals surface area (Å²) in [5.74, 6) is 3.04. The Hall–Kier alpha value is -2.06. The van der Waals surface area contributed by atoms with Crippen molar-refractivity contribution >= 4 is 22.8 Å². The van der Waals surface area contributed by atoms with Gasteiger partial charge in [-0.05, 0) is 70.1 Å². The summed E-state index contributed by atoms with van der Waals surface area (Å²) in [6.45, 7) is 10.7. The van der Waals surface area contributed by atoms with E-state index in [2.05, 4.69) is 44.0 Å². The summed E-state index contributed by atoms with van der Waals surface area (Å²) in [4.78, 5) is 27.5. The van der Waals surface area contributed by atoms with Crippen molar-refractivity contribution in [3.8, 4) is 0 Å². The van der Waals surface area contributed by atoms with Gasteiger partial charge in [0, 0.05) is 38.8 Å². The van der Waals surface area contributed by atoms with E-state index in [9.17, 15) is 4.79 Å². The van der Waals surface area contributed by atoms with Crippen molar-refractivity contribution in [2.45, 2.75) is 65.0 Å². The van der Waals surface area contributed by atoms with Gasteiger partial charge in [0.1, 0.15) is 12.1 Å². The number of amides is 1. The van der Waals surface area contributed by atoms with E-state index in [1.54, 1.807) is 6.33 Å². The van der Waals surface area contributed by atoms with Crippen molar-refractivity contribution in [1.82, 2.24) is 29.5 Å². The predicted molar refractivity (Wildman–Crippen MR) is 128 cm³/mol. The van der Waals surface area contributed by atoms with E-state index in [1.165, 1.54) is 19.3 Å². The van der Waals surface area contributed by atoms with E-state index in [-0.39, 0.29) is 11.3 Å². The molecule has 5 fully saturated rings. The summed E-state index contributed by atoms with van der Waals surface area (Å²) >= 11 is 0. The molecule has 4 bridgehead atoms. The molecule has 0 aromatic carbocycles. The summed E-state index contributed by atoms with van der Waals surface area (Å²) in [6.07, 6.45) is 10.6. The second-order valence-electron chi connectivity index (χ2n) is 11.5. The third-order valence-corrected chi connectivity index (χ3v) is 8.95. The smallest absolute Gasteiger partial charge is 0.231 e. The standard InChI is InChI=1S/C25H37N7O/c1-17(2)31-6-3-30(4-7-31)5-8-32-23-21(15-28-32)22(26-16-27-23)29-24(33)25-12-18-9-19(13-25)11-20(10-18)14-25/h15-20H,3-14H2,1-2H3,(H,26,27,29,33). The van der Waals surface area contributed by atoms with Crippen molar-refractivity contribution in [1.29, 1.82) is 0 Å². The molecule has 3 heterocycles. The molecule has 178 valence electrons. The Morgan fingerprint density at radius 1 is 1.03 bits per heavy atom. The SMILES string of the molecule is CC(C)N1CCN(CCn2ncc3c(NC(=O)C45CC6CC(CC(C6)C4)C5)ncnc32)CC1. The lowest BCUT2D eigenvalue weighted by atomic mass is 9.49. The number of rotatable bonds is 6. The maximum Gasteiger partial charge on any atom is 0.231 e. The van der Waals surface area contributed by atoms with Crippen LogP contribution < -0.4 is 5.32 Å². The fourth-order valence-electron chi connectivity index (χ4n) is 7.52. The first-order valence-corrected chi connectivity index (χ1v) is 12.9. The number of anilines is 1. The first-order valence-electron chi connectivity index (χ1n) is 12.9. The van der Waals surface area contributed by atoms with Gasteiger partial charge >= 0.3 is 0 Å². The molecule has 0 radical (unpaired) electrons. The van der Waals surface area contributed by atoms with Gasteiger partial charge in [-0.15, -0.1) is 0 Å². The molecule has 1 amide bonds. The molecule has 8 nitrogen and oxygen atoms in total. The first-order chi connectivity index (χ1) is 16.0. The summed E-state index contributed by atoms with van der Waals surface area (Å²) in [5.41, 5.74) is 0.631. The minimum absolute atomic E-state index is 0.178. The summed E-state index contributed by atoms with van der Waals surface area (Å²) < 4.78 is 1.96. The summed E-state index contributed by atoms with van der Waals surface area (Å²) in [5, 5.41) is 8.67. The lowest BCUT2D eigenvalue weighted by Gasteiger charge is -2.55. The number of aromatic nitrogens is 4. The quantitative estimate of drug-likeness (QED) is 0.727. The molecule has 7 rings (SSSR count). The summed E-state index contributed by atoms with van der Waals surface area (Å²) in [6, 6.07) is 0.617. The molecular weight excluding hydrogens is 414 g/mol. The van der Waals surface area contributed by atoms with Crippen LogP contribution in [0.25, 0.3) is 11.0 Å². The Morgan fingerprint density at radius 2 is 1.70 bits per heavy atom. The first kappa shape index (κ1) is 21.5. The molecule has 1 aliphatic heterocycles. The lowest BCUT2D eigenvalue weighted by molar-refractivity contribution is -0.140. The molecule has 4 aliphatic carbocycles. The monoisotopic (exact) mass is 451 g/mol. The van der Waals surface area contributed by atoms with Crippen molar-refractivity contribution < 1.29 is 4.79 Å². The molecule has 33 heavy (non-hydrogen) atoms. The zero-order valence-electron chi connectivity index (χ0n) is 20.0. The fourth-order valence-corrected chi connectivity index (χ4v) is 7.52. The van der Waals surface area contributed by atoms with Crippen LogP contribution in [0, 0.1) is 23.2 Å². The molecule has 2 aromatic heterocycles. The van der Waals surface area contributed by atoms with Crippen LogP contribution in [0.1, 0.15) is 52.4 Å². The molecule has 1 N–H and O–H groups in total. The highest BCUT2D eigenvalue weighted by Gasteiger charge is 2.54. The van der Waals surface area contributed by atoms with Crippen molar-refractivity contribution in [2.75, 3.05) is 38.0 Å². The number of nitrogens with one attached hydrogen (secondary N) is 1. The average molecular weight is 452 g/mol. The maximum atomic E-state index is 13.5. The van der Waals surface area contributed by atoms with Crippen LogP contribution in [0.2, 0.25) is 0 Å². The Kier molecular flexibility index (Phi) is 5.41. The second kappa shape index (κ2) is 8.31. The largest absolute Gasteiger partial charge is 0.309 e. The highest BCUT2D eigenvalue weighted by atomic mass is 16.2. The number of hydrogen-bond acceptors (Lipinski definition) is 6. The third kappa shape index (κ3) is 3.95. The van der Waals surface area contributed by atoms with Crippen LogP contribution in [-0.2, 0) is 11.3 Å². The van der Waals surface area contributed by atoms with E-state index < -0.39 is 0 Å². The molecule has 1 saturated heterocycles. The molecule has 0 spiro atoms. The molecule has 0 atom stereocenters. The number of carbonyl (C=O) groups is 1. The van der Waals surface area contributed by atoms with E-state index in [0.29, 0.717) is 11.9 Å². The van der Waals surface area contributed by atoms with E-state index in [4.69, 9.17) is 0 Å². The fraction of sp³-hybridized carbons (Fsp3) is 0.760. The van der Waals surface area contributed by atoms with E-state index in [1.807, 2.05) is 10.9 Å². The minimum atomic E-state index is -0.180. The molecule has 8 heteroatoms. The predicted octanol–water partition coefficient (Wildman–Crippen LogP) is 3.01. The maximum absolute atomic E-state index is 13.5. The Morgan fingerprint density at radius 3 is 2.33 bits per heavy atom. The Balaban J connectivity index is 1.13. The molecule has 4 saturated carbocycles. The summed E-state index contributed by atoms with van der Waals surface area (Å²) in [7, 11) is 0. The van der Waals surface area contributed by atoms with Crippen molar-refractivity contribution in [2.24, 2.45) is 23.2 Å². The highest BCUT2D eigenvalue weighted by Crippen LogP contribution is 2.60. The zero-order chi connectivity index (χ0) is 22.6. The van der Waals surface area contributed by atoms with Gasteiger partial charge in [-0.3, -0.25) is 14.6 Å². The topological polar surface area (TPSA) is 79.2 Å². The molecule has 5 aliphatic rings. The number of hydrogen-bond donors (Lipinski definition) is 1. The van der Waals surface area contributed by atoms with Crippen molar-refractivity contribution in [3.05, 3.63) is 12.5 Å². The van der Waals surface area contributed by atoms with Gasteiger partial charge in [-0.25, -0.2) is 14.6 Å². The normalized spacial score (nSPS) is 32.2. The van der Waals surface area contributed by atoms with Crippen LogP contribution >= 0.6 is 0 Å². The van der Waals surface area contributed by atoms with E-state index >= 15 is 0 Å². The van der Waals surface area contributed by atoms with Gasteiger partial charge in [-0.2, -0.15) is 5.10 Å². The number of fused-ring (bicyclic) bond motifs is 1. The molecule has 2 aromatic rings. The van der Waals surface area contributed by atoms with Gasteiger partial charge in [0.15, 0.2) is 5.65 Å². The molecule has 0 unspecified atom stereocenters. The third-order valence-electron chi connectivity index (χ3n) is 8.95. The van der Waals surface area contributed by atoms with Crippen LogP contribution in [0.3, 0.4) is 0 Å². The van der Waals surface area contributed by atoms with Crippen LogP contribution in [0.5, 0.6) is 0 Å². The van der Waals surface area contributed by atoms with Crippen LogP contribution in [0.4, 0.5) is 5.82 Å². The number of nitrogens with zero attached hydrogens (tertiary/aromatic N) is 6. The Labute approximate surface area is 196 Å². The van der Waals surface area contributed by atoms with E-state index in [0.717, 1.165) is 87.3 Å². The van der Waals surface area contributed by atoms with Crippen LogP contribution in [-0.4, -0.2) is 74.2 Å².